The standard InChI is InChI=1S/C15H21N3O5S/c1-10(2)17-24(22,23)13-5-3-12(4-6-13)16-15(21)18-8-7-11(9-18)14(19)20/h3-6,10-11,17H,7-9H2,1-2H3,(H,16,21)(H,19,20). The number of rotatable bonds is 5. The molecular formula is C15H21N3O5S. The van der Waals surface area contributed by atoms with Crippen molar-refractivity contribution in [3.05, 3.63) is 24.3 Å². The van der Waals surface area contributed by atoms with Crippen LogP contribution in [0.4, 0.5) is 10.5 Å². The lowest BCUT2D eigenvalue weighted by atomic mass is 10.1. The minimum absolute atomic E-state index is 0.112. The summed E-state index contributed by atoms with van der Waals surface area (Å²) >= 11 is 0. The Bertz CT molecular complexity index is 715. The molecule has 2 amide bonds. The van der Waals surface area contributed by atoms with Gasteiger partial charge in [-0.1, -0.05) is 0 Å². The van der Waals surface area contributed by atoms with Crippen LogP contribution >= 0.6 is 0 Å². The average Bonchev–Trinajstić information content (AvgIpc) is 2.96. The van der Waals surface area contributed by atoms with Crippen LogP contribution in [0.1, 0.15) is 20.3 Å². The quantitative estimate of drug-likeness (QED) is 0.736. The highest BCUT2D eigenvalue weighted by molar-refractivity contribution is 7.89. The Morgan fingerprint density at radius 1 is 1.25 bits per heavy atom. The number of benzene rings is 1. The molecule has 9 heteroatoms. The second-order valence-electron chi connectivity index (χ2n) is 6.00. The zero-order valence-electron chi connectivity index (χ0n) is 13.5. The summed E-state index contributed by atoms with van der Waals surface area (Å²) in [5.74, 6) is -1.44. The first-order valence-electron chi connectivity index (χ1n) is 7.60. The van der Waals surface area contributed by atoms with Gasteiger partial charge >= 0.3 is 12.0 Å². The van der Waals surface area contributed by atoms with Crippen molar-refractivity contribution >= 4 is 27.7 Å². The minimum atomic E-state index is -3.58. The van der Waals surface area contributed by atoms with Crippen molar-refractivity contribution in [2.75, 3.05) is 18.4 Å². The first-order valence-corrected chi connectivity index (χ1v) is 9.08. The maximum atomic E-state index is 12.1. The van der Waals surface area contributed by atoms with E-state index in [2.05, 4.69) is 10.0 Å². The molecule has 1 fully saturated rings. The largest absolute Gasteiger partial charge is 0.481 e. The Morgan fingerprint density at radius 3 is 2.38 bits per heavy atom. The Balaban J connectivity index is 1.99. The highest BCUT2D eigenvalue weighted by Gasteiger charge is 2.30. The Kier molecular flexibility index (Phi) is 5.45. The van der Waals surface area contributed by atoms with Crippen LogP contribution in [0.5, 0.6) is 0 Å². The van der Waals surface area contributed by atoms with Crippen LogP contribution < -0.4 is 10.0 Å². The van der Waals surface area contributed by atoms with E-state index >= 15 is 0 Å². The van der Waals surface area contributed by atoms with Crippen LogP contribution in [-0.2, 0) is 14.8 Å². The normalized spacial score (nSPS) is 18.0. The van der Waals surface area contributed by atoms with E-state index in [1.807, 2.05) is 0 Å². The first-order chi connectivity index (χ1) is 11.2. The second kappa shape index (κ2) is 7.18. The lowest BCUT2D eigenvalue weighted by molar-refractivity contribution is -0.141. The second-order valence-corrected chi connectivity index (χ2v) is 7.71. The maximum absolute atomic E-state index is 12.1. The lowest BCUT2D eigenvalue weighted by Crippen LogP contribution is -2.33. The predicted octanol–water partition coefficient (Wildman–Crippen LogP) is 1.31. The fraction of sp³-hybridized carbons (Fsp3) is 0.467. The number of hydrogen-bond donors (Lipinski definition) is 3. The monoisotopic (exact) mass is 355 g/mol. The van der Waals surface area contributed by atoms with Gasteiger partial charge < -0.3 is 15.3 Å². The number of carbonyl (C=O) groups excluding carboxylic acids is 1. The van der Waals surface area contributed by atoms with Crippen molar-refractivity contribution in [3.63, 3.8) is 0 Å². The van der Waals surface area contributed by atoms with Crippen molar-refractivity contribution in [1.82, 2.24) is 9.62 Å². The summed E-state index contributed by atoms with van der Waals surface area (Å²) in [5.41, 5.74) is 0.447. The van der Waals surface area contributed by atoms with Gasteiger partial charge in [-0.25, -0.2) is 17.9 Å². The van der Waals surface area contributed by atoms with Crippen molar-refractivity contribution in [2.24, 2.45) is 5.92 Å². The lowest BCUT2D eigenvalue weighted by Gasteiger charge is -2.17. The summed E-state index contributed by atoms with van der Waals surface area (Å²) in [7, 11) is -3.58. The van der Waals surface area contributed by atoms with Gasteiger partial charge in [-0.3, -0.25) is 4.79 Å². The highest BCUT2D eigenvalue weighted by Crippen LogP contribution is 2.19. The van der Waals surface area contributed by atoms with E-state index in [0.29, 0.717) is 18.7 Å². The molecule has 1 saturated heterocycles. The maximum Gasteiger partial charge on any atom is 0.321 e. The fourth-order valence-electron chi connectivity index (χ4n) is 2.44. The summed E-state index contributed by atoms with van der Waals surface area (Å²) < 4.78 is 26.5. The molecule has 1 aliphatic heterocycles. The van der Waals surface area contributed by atoms with Gasteiger partial charge in [0.15, 0.2) is 0 Å². The molecule has 3 N–H and O–H groups in total. The van der Waals surface area contributed by atoms with Crippen LogP contribution in [0.15, 0.2) is 29.2 Å². The number of carboxylic acid groups (broad SMARTS) is 1. The number of amides is 2. The van der Waals surface area contributed by atoms with Gasteiger partial charge in [0.1, 0.15) is 0 Å². The van der Waals surface area contributed by atoms with Gasteiger partial charge in [-0.15, -0.1) is 0 Å². The molecule has 0 spiro atoms. The summed E-state index contributed by atoms with van der Waals surface area (Å²) in [6.45, 7) is 4.01. The van der Waals surface area contributed by atoms with Crippen molar-refractivity contribution in [3.8, 4) is 0 Å². The molecule has 0 aliphatic carbocycles. The molecular weight excluding hydrogens is 334 g/mol. The number of sulfonamides is 1. The summed E-state index contributed by atoms with van der Waals surface area (Å²) in [6.07, 6.45) is 0.431. The smallest absolute Gasteiger partial charge is 0.321 e. The molecule has 1 aromatic carbocycles. The Labute approximate surface area is 140 Å². The molecule has 8 nitrogen and oxygen atoms in total. The fourth-order valence-corrected chi connectivity index (χ4v) is 3.70. The van der Waals surface area contributed by atoms with E-state index in [0.717, 1.165) is 0 Å². The van der Waals surface area contributed by atoms with Gasteiger partial charge in [-0.2, -0.15) is 0 Å². The van der Waals surface area contributed by atoms with E-state index in [-0.39, 0.29) is 17.5 Å². The topological polar surface area (TPSA) is 116 Å². The Hall–Kier alpha value is -2.13. The van der Waals surface area contributed by atoms with Crippen molar-refractivity contribution in [2.45, 2.75) is 31.2 Å². The number of aliphatic carboxylic acids is 1. The van der Waals surface area contributed by atoms with Crippen molar-refractivity contribution < 1.29 is 23.1 Å². The van der Waals surface area contributed by atoms with Gasteiger partial charge in [0.05, 0.1) is 10.8 Å². The third-order valence-corrected chi connectivity index (χ3v) is 5.31. The molecule has 1 heterocycles. The Morgan fingerprint density at radius 2 is 1.88 bits per heavy atom. The molecule has 1 atom stereocenters. The number of nitrogens with zero attached hydrogens (tertiary/aromatic N) is 1. The third-order valence-electron chi connectivity index (χ3n) is 3.63. The first kappa shape index (κ1) is 18.2. The van der Waals surface area contributed by atoms with E-state index in [4.69, 9.17) is 5.11 Å². The van der Waals surface area contributed by atoms with Gasteiger partial charge in [0.25, 0.3) is 0 Å². The number of anilines is 1. The van der Waals surface area contributed by atoms with Gasteiger partial charge in [0.2, 0.25) is 10.0 Å². The number of carboxylic acids is 1. The minimum Gasteiger partial charge on any atom is -0.481 e. The summed E-state index contributed by atoms with van der Waals surface area (Å²) in [6, 6.07) is 5.20. The highest BCUT2D eigenvalue weighted by atomic mass is 32.2. The molecule has 24 heavy (non-hydrogen) atoms. The molecule has 0 aromatic heterocycles. The van der Waals surface area contributed by atoms with Gasteiger partial charge in [-0.05, 0) is 44.5 Å². The van der Waals surface area contributed by atoms with Crippen LogP contribution in [-0.4, -0.2) is 49.6 Å². The third kappa shape index (κ3) is 4.45. The molecule has 132 valence electrons. The zero-order chi connectivity index (χ0) is 17.9. The molecule has 1 aromatic rings. The molecule has 1 unspecified atom stereocenters. The predicted molar refractivity (Wildman–Crippen MR) is 88.2 cm³/mol. The zero-order valence-corrected chi connectivity index (χ0v) is 14.3. The van der Waals surface area contributed by atoms with Crippen LogP contribution in [0.2, 0.25) is 0 Å². The average molecular weight is 355 g/mol. The van der Waals surface area contributed by atoms with E-state index in [1.165, 1.54) is 29.2 Å². The molecule has 2 rings (SSSR count). The summed E-state index contributed by atoms with van der Waals surface area (Å²) in [4.78, 5) is 24.6. The number of likely N-dealkylation sites (tertiary alicyclic amines) is 1. The van der Waals surface area contributed by atoms with Crippen LogP contribution in [0.3, 0.4) is 0 Å². The molecule has 0 bridgehead atoms. The SMILES string of the molecule is CC(C)NS(=O)(=O)c1ccc(NC(=O)N2CCC(C(=O)O)C2)cc1. The van der Waals surface area contributed by atoms with Crippen LogP contribution in [0.25, 0.3) is 0 Å². The van der Waals surface area contributed by atoms with E-state index < -0.39 is 27.9 Å². The van der Waals surface area contributed by atoms with Crippen LogP contribution in [0, 0.1) is 5.92 Å². The molecule has 1 aliphatic rings. The van der Waals surface area contributed by atoms with Gasteiger partial charge in [0, 0.05) is 24.8 Å². The number of carbonyl (C=O) groups is 2. The molecule has 0 saturated carbocycles. The van der Waals surface area contributed by atoms with E-state index in [9.17, 15) is 18.0 Å². The van der Waals surface area contributed by atoms with E-state index in [1.54, 1.807) is 13.8 Å². The number of hydrogen-bond acceptors (Lipinski definition) is 4. The summed E-state index contributed by atoms with van der Waals surface area (Å²) in [5, 5.41) is 11.6. The number of urea groups is 1. The van der Waals surface area contributed by atoms with Crippen molar-refractivity contribution in [1.29, 1.82) is 0 Å². The number of nitrogens with one attached hydrogen (secondary N) is 2. The molecule has 0 radical (unpaired) electrons.